The molecule has 2 nitrogen and oxygen atoms in total. The lowest BCUT2D eigenvalue weighted by atomic mass is 10.7. The molecule has 2 aliphatic rings. The third kappa shape index (κ3) is 1.09. The number of nitrogens with one attached hydrogen (secondary N) is 1. The van der Waals surface area contributed by atoms with Crippen molar-refractivity contribution < 1.29 is 0 Å². The lowest BCUT2D eigenvalue weighted by Crippen LogP contribution is -2.45. The van der Waals surface area contributed by atoms with E-state index in [0.717, 1.165) is 9.96 Å². The van der Waals surface area contributed by atoms with Crippen molar-refractivity contribution in [3.05, 3.63) is 0 Å². The van der Waals surface area contributed by atoms with Crippen molar-refractivity contribution in [2.45, 2.75) is 22.3 Å². The van der Waals surface area contributed by atoms with Gasteiger partial charge in [0.25, 0.3) is 0 Å². The van der Waals surface area contributed by atoms with E-state index < -0.39 is 0 Å². The molecule has 2 saturated heterocycles. The molecule has 2 heterocycles. The van der Waals surface area contributed by atoms with Crippen LogP contribution >= 0.6 is 23.5 Å². The van der Waals surface area contributed by atoms with Crippen LogP contribution in [0.25, 0.3) is 0 Å². The average Bonchev–Trinajstić information content (AvgIpc) is 2.46. The highest BCUT2D eigenvalue weighted by atomic mass is 32.2. The maximum absolute atomic E-state index is 3.38. The Morgan fingerprint density at radius 2 is 2.22 bits per heavy atom. The average molecular weight is 162 g/mol. The molecule has 4 heteroatoms. The van der Waals surface area contributed by atoms with E-state index in [2.05, 4.69) is 24.4 Å². The van der Waals surface area contributed by atoms with Crippen LogP contribution in [0.15, 0.2) is 0 Å². The van der Waals surface area contributed by atoms with Gasteiger partial charge >= 0.3 is 0 Å². The summed E-state index contributed by atoms with van der Waals surface area (Å²) in [5.41, 5.74) is 3.38. The van der Waals surface area contributed by atoms with E-state index >= 15 is 0 Å². The highest BCUT2D eigenvalue weighted by Gasteiger charge is 2.45. The summed E-state index contributed by atoms with van der Waals surface area (Å²) >= 11 is 4.07. The molecule has 0 saturated carbocycles. The zero-order chi connectivity index (χ0) is 6.43. The maximum Gasteiger partial charge on any atom is 0.0891 e. The quantitative estimate of drug-likeness (QED) is 0.532. The van der Waals surface area contributed by atoms with Crippen LogP contribution in [0.5, 0.6) is 0 Å². The minimum absolute atomic E-state index is 0.640. The number of hydrogen-bond acceptors (Lipinski definition) is 4. The first-order valence-corrected chi connectivity index (χ1v) is 4.96. The second-order valence-electron chi connectivity index (χ2n) is 2.40. The molecule has 2 rings (SSSR count). The van der Waals surface area contributed by atoms with Crippen molar-refractivity contribution in [3.8, 4) is 0 Å². The lowest BCUT2D eigenvalue weighted by molar-refractivity contribution is 0.223. The third-order valence-corrected chi connectivity index (χ3v) is 4.65. The summed E-state index contributed by atoms with van der Waals surface area (Å²) < 4.78 is 0.844. The monoisotopic (exact) mass is 162 g/mol. The smallest absolute Gasteiger partial charge is 0.0891 e. The van der Waals surface area contributed by atoms with E-state index in [1.54, 1.807) is 0 Å². The van der Waals surface area contributed by atoms with E-state index in [-0.39, 0.29) is 0 Å². The van der Waals surface area contributed by atoms with Gasteiger partial charge in [-0.2, -0.15) is 0 Å². The van der Waals surface area contributed by atoms with Crippen LogP contribution in [0, 0.1) is 0 Å². The molecule has 52 valence electrons. The third-order valence-electron chi connectivity index (χ3n) is 1.66. The molecule has 0 aromatic rings. The van der Waals surface area contributed by atoms with Crippen molar-refractivity contribution in [1.29, 1.82) is 0 Å². The summed E-state index contributed by atoms with van der Waals surface area (Å²) in [6, 6.07) is 0. The molecule has 3 atom stereocenters. The molecule has 2 fully saturated rings. The fraction of sp³-hybridized carbons (Fsp3) is 1.00. The molecule has 9 heavy (non-hydrogen) atoms. The fourth-order valence-corrected chi connectivity index (χ4v) is 3.50. The predicted molar refractivity (Wildman–Crippen MR) is 43.1 cm³/mol. The number of nitrogens with zero attached hydrogens (tertiary/aromatic N) is 1. The molecule has 0 aromatic carbocycles. The second-order valence-corrected chi connectivity index (χ2v) is 5.45. The van der Waals surface area contributed by atoms with Crippen LogP contribution in [0.3, 0.4) is 0 Å². The normalized spacial score (nSPS) is 50.7. The number of hydrogen-bond donors (Lipinski definition) is 1. The molecule has 0 aliphatic carbocycles. The molecule has 1 N–H and O–H groups in total. The van der Waals surface area contributed by atoms with Gasteiger partial charge in [0.05, 0.1) is 15.3 Å². The first kappa shape index (κ1) is 6.34. The van der Waals surface area contributed by atoms with E-state index in [9.17, 15) is 0 Å². The molecule has 0 spiro atoms. The Labute approximate surface area is 63.7 Å². The van der Waals surface area contributed by atoms with Gasteiger partial charge in [0.2, 0.25) is 0 Å². The van der Waals surface area contributed by atoms with Gasteiger partial charge in [-0.15, -0.1) is 23.5 Å². The number of rotatable bonds is 0. The Morgan fingerprint density at radius 1 is 1.44 bits per heavy atom. The van der Waals surface area contributed by atoms with E-state index in [0.29, 0.717) is 5.37 Å². The van der Waals surface area contributed by atoms with Crippen LogP contribution in [0.1, 0.15) is 6.92 Å². The molecule has 0 radical (unpaired) electrons. The van der Waals surface area contributed by atoms with Gasteiger partial charge in [-0.25, -0.2) is 10.4 Å². The first-order valence-electron chi connectivity index (χ1n) is 3.07. The van der Waals surface area contributed by atoms with Crippen LogP contribution in [0.4, 0.5) is 0 Å². The first-order chi connectivity index (χ1) is 4.27. The highest BCUT2D eigenvalue weighted by molar-refractivity contribution is 8.24. The largest absolute Gasteiger partial charge is 0.239 e. The Bertz CT molecular complexity index is 116. The van der Waals surface area contributed by atoms with Gasteiger partial charge in [0.1, 0.15) is 0 Å². The SMILES string of the molecule is CC1SC2SC2NN1C. The lowest BCUT2D eigenvalue weighted by Gasteiger charge is -2.27. The molecule has 0 amide bonds. The Kier molecular flexibility index (Phi) is 1.44. The summed E-state index contributed by atoms with van der Waals surface area (Å²) in [4.78, 5) is 0. The van der Waals surface area contributed by atoms with Crippen molar-refractivity contribution in [3.63, 3.8) is 0 Å². The summed E-state index contributed by atoms with van der Waals surface area (Å²) in [6.45, 7) is 2.23. The summed E-state index contributed by atoms with van der Waals surface area (Å²) in [7, 11) is 2.10. The van der Waals surface area contributed by atoms with Crippen molar-refractivity contribution in [1.82, 2.24) is 10.4 Å². The maximum atomic E-state index is 3.38. The van der Waals surface area contributed by atoms with Gasteiger partial charge in [-0.05, 0) is 6.92 Å². The molecule has 3 unspecified atom stereocenters. The number of fused-ring (bicyclic) bond motifs is 1. The van der Waals surface area contributed by atoms with Gasteiger partial charge in [0, 0.05) is 7.05 Å². The standard InChI is InChI=1S/C5H10N2S2/c1-3-7(2)6-4-5(8-3)9-4/h3-6H,1-2H3. The fourth-order valence-electron chi connectivity index (χ4n) is 0.885. The van der Waals surface area contributed by atoms with E-state index in [4.69, 9.17) is 0 Å². The van der Waals surface area contributed by atoms with Crippen LogP contribution in [0.2, 0.25) is 0 Å². The van der Waals surface area contributed by atoms with E-state index in [1.165, 1.54) is 0 Å². The molecule has 0 bridgehead atoms. The summed E-state index contributed by atoms with van der Waals surface area (Å²) in [5.74, 6) is 0. The minimum atomic E-state index is 0.640. The molecule has 0 aromatic heterocycles. The highest BCUT2D eigenvalue weighted by Crippen LogP contribution is 2.51. The van der Waals surface area contributed by atoms with Crippen LogP contribution in [-0.2, 0) is 0 Å². The van der Waals surface area contributed by atoms with E-state index in [1.807, 2.05) is 23.5 Å². The summed E-state index contributed by atoms with van der Waals surface area (Å²) in [5, 5.41) is 3.55. The van der Waals surface area contributed by atoms with Gasteiger partial charge in [0.15, 0.2) is 0 Å². The van der Waals surface area contributed by atoms with Crippen LogP contribution in [-0.4, -0.2) is 27.4 Å². The molecular formula is C5H10N2S2. The number of hydrazine groups is 1. The second kappa shape index (κ2) is 2.05. The predicted octanol–water partition coefficient (Wildman–Crippen LogP) is 0.915. The minimum Gasteiger partial charge on any atom is -0.239 e. The summed E-state index contributed by atoms with van der Waals surface area (Å²) in [6.07, 6.45) is 0. The van der Waals surface area contributed by atoms with Crippen LogP contribution < -0.4 is 5.43 Å². The molecular weight excluding hydrogens is 152 g/mol. The van der Waals surface area contributed by atoms with Gasteiger partial charge < -0.3 is 0 Å². The van der Waals surface area contributed by atoms with Crippen molar-refractivity contribution in [2.75, 3.05) is 7.05 Å². The van der Waals surface area contributed by atoms with Gasteiger partial charge in [-0.1, -0.05) is 0 Å². The van der Waals surface area contributed by atoms with Crippen molar-refractivity contribution in [2.24, 2.45) is 0 Å². The molecule has 2 aliphatic heterocycles. The topological polar surface area (TPSA) is 15.3 Å². The number of thioether (sulfide) groups is 2. The van der Waals surface area contributed by atoms with Gasteiger partial charge in [-0.3, -0.25) is 0 Å². The Balaban J connectivity index is 1.98. The van der Waals surface area contributed by atoms with Crippen molar-refractivity contribution >= 4 is 23.5 Å². The zero-order valence-corrected chi connectivity index (χ0v) is 7.13. The Morgan fingerprint density at radius 3 is 2.89 bits per heavy atom. The Hall–Kier alpha value is 0.620. The zero-order valence-electron chi connectivity index (χ0n) is 5.50.